The van der Waals surface area contributed by atoms with Crippen molar-refractivity contribution in [2.24, 2.45) is 0 Å². The number of carbonyl (C=O) groups excluding carboxylic acids is 4. The maximum absolute atomic E-state index is 12.3. The minimum atomic E-state index is -0.682. The van der Waals surface area contributed by atoms with Crippen LogP contribution in [-0.2, 0) is 14.3 Å². The van der Waals surface area contributed by atoms with Gasteiger partial charge in [0, 0.05) is 0 Å². The molecule has 9 heteroatoms. The smallest absolute Gasteiger partial charge is 0.345 e. The molecular weight excluding hydrogens is 418 g/mol. The molecule has 148 valence electrons. The number of benzene rings is 2. The molecule has 29 heavy (non-hydrogen) atoms. The van der Waals surface area contributed by atoms with Gasteiger partial charge in [-0.25, -0.2) is 4.79 Å². The van der Waals surface area contributed by atoms with Gasteiger partial charge in [-0.3, -0.25) is 19.3 Å². The molecule has 0 radical (unpaired) electrons. The molecule has 0 aromatic heterocycles. The lowest BCUT2D eigenvalue weighted by molar-refractivity contribution is -0.143. The Balaban J connectivity index is 1.70. The fraction of sp³-hybridized carbons (Fsp3) is 0.100. The Kier molecular flexibility index (Phi) is 6.36. The lowest BCUT2D eigenvalue weighted by atomic mass is 10.2. The van der Waals surface area contributed by atoms with Crippen LogP contribution in [-0.4, -0.2) is 41.6 Å². The quantitative estimate of drug-likeness (QED) is 0.404. The predicted molar refractivity (Wildman–Crippen MR) is 108 cm³/mol. The average molecular weight is 432 g/mol. The van der Waals surface area contributed by atoms with Crippen molar-refractivity contribution in [3.63, 3.8) is 0 Å². The molecule has 0 bridgehead atoms. The topological polar surface area (TPSA) is 90.0 Å². The van der Waals surface area contributed by atoms with Gasteiger partial charge in [0.25, 0.3) is 11.1 Å². The largest absolute Gasteiger partial charge is 0.468 e. The molecule has 7 nitrogen and oxygen atoms in total. The Morgan fingerprint density at radius 3 is 2.45 bits per heavy atom. The first-order valence-corrected chi connectivity index (χ1v) is 9.47. The maximum Gasteiger partial charge on any atom is 0.345 e. The van der Waals surface area contributed by atoms with E-state index in [2.05, 4.69) is 4.74 Å². The van der Waals surface area contributed by atoms with Crippen LogP contribution in [0.4, 0.5) is 4.79 Å². The molecule has 0 N–H and O–H groups in total. The number of methoxy groups -OCH3 is 1. The molecule has 0 saturated carbocycles. The first-order valence-electron chi connectivity index (χ1n) is 8.28. The van der Waals surface area contributed by atoms with Gasteiger partial charge in [-0.2, -0.15) is 0 Å². The maximum atomic E-state index is 12.3. The zero-order valence-corrected chi connectivity index (χ0v) is 16.7. The zero-order valence-electron chi connectivity index (χ0n) is 15.1. The van der Waals surface area contributed by atoms with E-state index < -0.39 is 29.6 Å². The van der Waals surface area contributed by atoms with Gasteiger partial charge in [0.15, 0.2) is 0 Å². The molecular formula is C20H14ClNO6S. The first-order chi connectivity index (χ1) is 13.9. The van der Waals surface area contributed by atoms with Gasteiger partial charge in [-0.15, -0.1) is 0 Å². The van der Waals surface area contributed by atoms with Crippen molar-refractivity contribution in [1.82, 2.24) is 4.90 Å². The third-order valence-corrected chi connectivity index (χ3v) is 5.11. The Hall–Kier alpha value is -3.10. The van der Waals surface area contributed by atoms with Crippen molar-refractivity contribution in [3.8, 4) is 5.75 Å². The summed E-state index contributed by atoms with van der Waals surface area (Å²) in [5.41, 5.74) is 0.864. The number of esters is 2. The Morgan fingerprint density at radius 1 is 1.10 bits per heavy atom. The summed E-state index contributed by atoms with van der Waals surface area (Å²) in [6.45, 7) is -0.435. The van der Waals surface area contributed by atoms with E-state index in [9.17, 15) is 19.2 Å². The average Bonchev–Trinajstić information content (AvgIpc) is 2.97. The number of hydrogen-bond acceptors (Lipinski definition) is 7. The van der Waals surface area contributed by atoms with Gasteiger partial charge in [0.05, 0.1) is 22.6 Å². The van der Waals surface area contributed by atoms with Gasteiger partial charge < -0.3 is 9.47 Å². The summed E-state index contributed by atoms with van der Waals surface area (Å²) >= 11 is 6.71. The van der Waals surface area contributed by atoms with Crippen LogP contribution >= 0.6 is 23.4 Å². The SMILES string of the molecule is COC(=O)CN1C(=O)S/C(=C\c2ccc(OC(=O)c3ccccc3Cl)cc2)C1=O. The normalized spacial score (nSPS) is 15.0. The van der Waals surface area contributed by atoms with Crippen molar-refractivity contribution < 1.29 is 28.7 Å². The second-order valence-electron chi connectivity index (χ2n) is 5.78. The Morgan fingerprint density at radius 2 is 1.79 bits per heavy atom. The number of ether oxygens (including phenoxy) is 2. The summed E-state index contributed by atoms with van der Waals surface area (Å²) < 4.78 is 9.77. The van der Waals surface area contributed by atoms with Crippen LogP contribution in [0.5, 0.6) is 5.75 Å². The molecule has 1 aliphatic rings. The van der Waals surface area contributed by atoms with Crippen molar-refractivity contribution >= 4 is 52.5 Å². The molecule has 0 spiro atoms. The summed E-state index contributed by atoms with van der Waals surface area (Å²) in [6.07, 6.45) is 1.52. The van der Waals surface area contributed by atoms with E-state index >= 15 is 0 Å². The van der Waals surface area contributed by atoms with Crippen LogP contribution in [0.3, 0.4) is 0 Å². The molecule has 3 rings (SSSR count). The molecule has 2 amide bonds. The highest BCUT2D eigenvalue weighted by Gasteiger charge is 2.36. The minimum Gasteiger partial charge on any atom is -0.468 e. The van der Waals surface area contributed by atoms with Gasteiger partial charge in [-0.05, 0) is 47.7 Å². The lowest BCUT2D eigenvalue weighted by Gasteiger charge is -2.09. The number of nitrogens with zero attached hydrogens (tertiary/aromatic N) is 1. The summed E-state index contributed by atoms with van der Waals surface area (Å²) in [5, 5.41) is -0.256. The highest BCUT2D eigenvalue weighted by atomic mass is 35.5. The third-order valence-electron chi connectivity index (χ3n) is 3.87. The fourth-order valence-corrected chi connectivity index (χ4v) is 3.45. The molecule has 1 saturated heterocycles. The van der Waals surface area contributed by atoms with Crippen LogP contribution < -0.4 is 4.74 Å². The van der Waals surface area contributed by atoms with Crippen LogP contribution in [0.2, 0.25) is 5.02 Å². The van der Waals surface area contributed by atoms with Crippen LogP contribution in [0.15, 0.2) is 53.4 Å². The second-order valence-corrected chi connectivity index (χ2v) is 7.18. The molecule has 2 aromatic carbocycles. The van der Waals surface area contributed by atoms with Gasteiger partial charge in [0.2, 0.25) is 0 Å². The zero-order chi connectivity index (χ0) is 21.0. The minimum absolute atomic E-state index is 0.180. The van der Waals surface area contributed by atoms with Crippen molar-refractivity contribution in [2.45, 2.75) is 0 Å². The standard InChI is InChI=1S/C20H14ClNO6S/c1-27-17(23)11-22-18(24)16(29-20(22)26)10-12-6-8-13(9-7-12)28-19(25)14-4-2-3-5-15(14)21/h2-10H,11H2,1H3/b16-10-. The van der Waals surface area contributed by atoms with E-state index in [1.54, 1.807) is 48.5 Å². The number of hydrogen-bond donors (Lipinski definition) is 0. The van der Waals surface area contributed by atoms with E-state index in [-0.39, 0.29) is 15.5 Å². The Bertz CT molecular complexity index is 1020. The summed E-state index contributed by atoms with van der Waals surface area (Å²) in [4.78, 5) is 48.7. The molecule has 0 unspecified atom stereocenters. The number of halogens is 1. The highest BCUT2D eigenvalue weighted by molar-refractivity contribution is 8.18. The van der Waals surface area contributed by atoms with Crippen molar-refractivity contribution in [2.75, 3.05) is 13.7 Å². The van der Waals surface area contributed by atoms with E-state index in [4.69, 9.17) is 16.3 Å². The molecule has 0 aliphatic carbocycles. The number of carbonyl (C=O) groups is 4. The second kappa shape index (κ2) is 8.93. The molecule has 1 heterocycles. The lowest BCUT2D eigenvalue weighted by Crippen LogP contribution is -2.34. The number of imide groups is 1. The predicted octanol–water partition coefficient (Wildman–Crippen LogP) is 3.77. The van der Waals surface area contributed by atoms with Crippen LogP contribution in [0.25, 0.3) is 6.08 Å². The third kappa shape index (κ3) is 4.85. The summed E-state index contributed by atoms with van der Waals surface area (Å²) in [7, 11) is 1.18. The van der Waals surface area contributed by atoms with Crippen LogP contribution in [0.1, 0.15) is 15.9 Å². The van der Waals surface area contributed by atoms with Gasteiger partial charge in [0.1, 0.15) is 12.3 Å². The molecule has 1 fully saturated rings. The summed E-state index contributed by atoms with van der Waals surface area (Å²) in [6, 6.07) is 12.9. The molecule has 1 aliphatic heterocycles. The molecule has 0 atom stereocenters. The van der Waals surface area contributed by atoms with E-state index in [1.165, 1.54) is 13.2 Å². The Labute approximate surface area is 175 Å². The number of amides is 2. The van der Waals surface area contributed by atoms with Crippen molar-refractivity contribution in [3.05, 3.63) is 69.6 Å². The van der Waals surface area contributed by atoms with E-state index in [0.717, 1.165) is 16.7 Å². The monoisotopic (exact) mass is 431 g/mol. The van der Waals surface area contributed by atoms with Crippen LogP contribution in [0, 0.1) is 0 Å². The fourth-order valence-electron chi connectivity index (χ4n) is 2.40. The van der Waals surface area contributed by atoms with Gasteiger partial charge >= 0.3 is 11.9 Å². The van der Waals surface area contributed by atoms with Crippen molar-refractivity contribution in [1.29, 1.82) is 0 Å². The highest BCUT2D eigenvalue weighted by Crippen LogP contribution is 2.32. The first kappa shape index (κ1) is 20.6. The summed E-state index contributed by atoms with van der Waals surface area (Å²) in [5.74, 6) is -1.55. The van der Waals surface area contributed by atoms with E-state index in [0.29, 0.717) is 11.3 Å². The molecule has 2 aromatic rings. The van der Waals surface area contributed by atoms with Gasteiger partial charge in [-0.1, -0.05) is 35.9 Å². The number of thioether (sulfide) groups is 1. The number of rotatable bonds is 5. The van der Waals surface area contributed by atoms with E-state index in [1.807, 2.05) is 0 Å².